The van der Waals surface area contributed by atoms with E-state index in [2.05, 4.69) is 4.99 Å². The first-order valence-corrected chi connectivity index (χ1v) is 3.27. The molecule has 0 aliphatic rings. The SMILES string of the molecule is C/N=C(\C(C)=O)c1ccco1. The summed E-state index contributed by atoms with van der Waals surface area (Å²) in [5.74, 6) is 0.447. The highest BCUT2D eigenvalue weighted by Crippen LogP contribution is 2.02. The average molecular weight is 151 g/mol. The van der Waals surface area contributed by atoms with Gasteiger partial charge in [0.15, 0.2) is 11.5 Å². The molecule has 0 saturated heterocycles. The van der Waals surface area contributed by atoms with Gasteiger partial charge in [0.1, 0.15) is 5.71 Å². The highest BCUT2D eigenvalue weighted by molar-refractivity contribution is 6.44. The third-order valence-electron chi connectivity index (χ3n) is 1.31. The summed E-state index contributed by atoms with van der Waals surface area (Å²) in [5.41, 5.74) is 0.384. The van der Waals surface area contributed by atoms with Crippen molar-refractivity contribution in [3.8, 4) is 0 Å². The molecule has 0 spiro atoms. The summed E-state index contributed by atoms with van der Waals surface area (Å²) in [7, 11) is 1.57. The van der Waals surface area contributed by atoms with Gasteiger partial charge < -0.3 is 4.42 Å². The van der Waals surface area contributed by atoms with E-state index in [9.17, 15) is 4.79 Å². The van der Waals surface area contributed by atoms with E-state index in [1.807, 2.05) is 0 Å². The first kappa shape index (κ1) is 7.72. The largest absolute Gasteiger partial charge is 0.463 e. The summed E-state index contributed by atoms with van der Waals surface area (Å²) < 4.78 is 5.00. The molecule has 0 N–H and O–H groups in total. The Morgan fingerprint density at radius 3 is 2.73 bits per heavy atom. The van der Waals surface area contributed by atoms with Crippen molar-refractivity contribution in [2.24, 2.45) is 4.99 Å². The second-order valence-electron chi connectivity index (χ2n) is 2.11. The topological polar surface area (TPSA) is 42.6 Å². The lowest BCUT2D eigenvalue weighted by Crippen LogP contribution is -2.09. The molecule has 0 fully saturated rings. The molecule has 3 heteroatoms. The van der Waals surface area contributed by atoms with Gasteiger partial charge in [0.2, 0.25) is 0 Å². The zero-order valence-corrected chi connectivity index (χ0v) is 6.50. The van der Waals surface area contributed by atoms with Gasteiger partial charge in [0.05, 0.1) is 6.26 Å². The minimum atomic E-state index is -0.0811. The number of rotatable bonds is 2. The highest BCUT2D eigenvalue weighted by atomic mass is 16.3. The molecule has 0 atom stereocenters. The van der Waals surface area contributed by atoms with Crippen molar-refractivity contribution in [1.29, 1.82) is 0 Å². The summed E-state index contributed by atoms with van der Waals surface area (Å²) in [6.45, 7) is 1.46. The van der Waals surface area contributed by atoms with Crippen molar-refractivity contribution in [3.05, 3.63) is 24.2 Å². The first-order chi connectivity index (χ1) is 5.25. The van der Waals surface area contributed by atoms with Crippen molar-refractivity contribution in [3.63, 3.8) is 0 Å². The van der Waals surface area contributed by atoms with E-state index < -0.39 is 0 Å². The molecule has 1 aromatic heterocycles. The van der Waals surface area contributed by atoms with Gasteiger partial charge in [-0.15, -0.1) is 0 Å². The fourth-order valence-corrected chi connectivity index (χ4v) is 0.854. The van der Waals surface area contributed by atoms with E-state index >= 15 is 0 Å². The fraction of sp³-hybridized carbons (Fsp3) is 0.250. The van der Waals surface area contributed by atoms with Crippen LogP contribution in [-0.4, -0.2) is 18.5 Å². The molecule has 58 valence electrons. The van der Waals surface area contributed by atoms with Gasteiger partial charge >= 0.3 is 0 Å². The number of ketones is 1. The molecule has 3 nitrogen and oxygen atoms in total. The molecule has 0 aromatic carbocycles. The molecular weight excluding hydrogens is 142 g/mol. The third kappa shape index (κ3) is 1.55. The Labute approximate surface area is 64.7 Å². The standard InChI is InChI=1S/C8H9NO2/c1-6(10)8(9-2)7-4-3-5-11-7/h3-5H,1-2H3/b9-8+. The zero-order chi connectivity index (χ0) is 8.27. The van der Waals surface area contributed by atoms with Crippen LogP contribution in [0.25, 0.3) is 0 Å². The van der Waals surface area contributed by atoms with Gasteiger partial charge in [-0.25, -0.2) is 0 Å². The summed E-state index contributed by atoms with van der Waals surface area (Å²) in [6, 6.07) is 3.44. The van der Waals surface area contributed by atoms with E-state index in [0.29, 0.717) is 11.5 Å². The van der Waals surface area contributed by atoms with Crippen molar-refractivity contribution < 1.29 is 9.21 Å². The normalized spacial score (nSPS) is 11.6. The Hall–Kier alpha value is -1.38. The van der Waals surface area contributed by atoms with Crippen LogP contribution in [0.3, 0.4) is 0 Å². The van der Waals surface area contributed by atoms with E-state index in [1.54, 1.807) is 19.2 Å². The Bertz CT molecular complexity index is 272. The molecule has 0 aliphatic heterocycles. The first-order valence-electron chi connectivity index (χ1n) is 3.27. The molecule has 1 heterocycles. The lowest BCUT2D eigenvalue weighted by atomic mass is 10.2. The lowest BCUT2D eigenvalue weighted by Gasteiger charge is -1.93. The summed E-state index contributed by atoms with van der Waals surface area (Å²) >= 11 is 0. The van der Waals surface area contributed by atoms with Crippen LogP contribution in [0.15, 0.2) is 27.8 Å². The van der Waals surface area contributed by atoms with Crippen LogP contribution in [0.1, 0.15) is 12.7 Å². The van der Waals surface area contributed by atoms with Crippen molar-refractivity contribution in [2.75, 3.05) is 7.05 Å². The van der Waals surface area contributed by atoms with Crippen molar-refractivity contribution in [1.82, 2.24) is 0 Å². The monoisotopic (exact) mass is 151 g/mol. The Kier molecular flexibility index (Phi) is 2.21. The van der Waals surface area contributed by atoms with Crippen molar-refractivity contribution >= 4 is 11.5 Å². The predicted octanol–water partition coefficient (Wildman–Crippen LogP) is 1.29. The van der Waals surface area contributed by atoms with Crippen LogP contribution in [0.5, 0.6) is 0 Å². The number of Topliss-reactive ketones (excluding diaryl/α,β-unsaturated/α-hetero) is 1. The molecule has 0 unspecified atom stereocenters. The maximum absolute atomic E-state index is 10.9. The number of aliphatic imine (C=N–C) groups is 1. The number of nitrogens with zero attached hydrogens (tertiary/aromatic N) is 1. The van der Waals surface area contributed by atoms with E-state index in [4.69, 9.17) is 4.42 Å². The van der Waals surface area contributed by atoms with E-state index in [0.717, 1.165) is 0 Å². The number of hydrogen-bond donors (Lipinski definition) is 0. The van der Waals surface area contributed by atoms with Gasteiger partial charge in [-0.2, -0.15) is 0 Å². The molecule has 1 aromatic rings. The minimum absolute atomic E-state index is 0.0811. The second kappa shape index (κ2) is 3.14. The average Bonchev–Trinajstić information content (AvgIpc) is 2.40. The van der Waals surface area contributed by atoms with Gasteiger partial charge in [0.25, 0.3) is 0 Å². The zero-order valence-electron chi connectivity index (χ0n) is 6.50. The highest BCUT2D eigenvalue weighted by Gasteiger charge is 2.09. The quantitative estimate of drug-likeness (QED) is 0.597. The van der Waals surface area contributed by atoms with Gasteiger partial charge in [-0.3, -0.25) is 9.79 Å². The van der Waals surface area contributed by atoms with Crippen LogP contribution in [0, 0.1) is 0 Å². The molecule has 0 bridgehead atoms. The number of carbonyl (C=O) groups is 1. The summed E-state index contributed by atoms with van der Waals surface area (Å²) in [6.07, 6.45) is 1.52. The van der Waals surface area contributed by atoms with E-state index in [1.165, 1.54) is 13.2 Å². The second-order valence-corrected chi connectivity index (χ2v) is 2.11. The lowest BCUT2D eigenvalue weighted by molar-refractivity contribution is -0.111. The van der Waals surface area contributed by atoms with Crippen LogP contribution < -0.4 is 0 Å². The smallest absolute Gasteiger partial charge is 0.181 e. The van der Waals surface area contributed by atoms with Gasteiger partial charge in [-0.05, 0) is 12.1 Å². The Morgan fingerprint density at radius 1 is 1.64 bits per heavy atom. The maximum Gasteiger partial charge on any atom is 0.181 e. The molecule has 0 radical (unpaired) electrons. The maximum atomic E-state index is 10.9. The minimum Gasteiger partial charge on any atom is -0.463 e. The molecule has 11 heavy (non-hydrogen) atoms. The summed E-state index contributed by atoms with van der Waals surface area (Å²) in [5, 5.41) is 0. The molecule has 0 amide bonds. The van der Waals surface area contributed by atoms with Gasteiger partial charge in [-0.1, -0.05) is 0 Å². The molecule has 1 rings (SSSR count). The Balaban J connectivity index is 2.99. The van der Waals surface area contributed by atoms with Gasteiger partial charge in [0, 0.05) is 14.0 Å². The van der Waals surface area contributed by atoms with E-state index in [-0.39, 0.29) is 5.78 Å². The summed E-state index contributed by atoms with van der Waals surface area (Å²) in [4.78, 5) is 14.7. The fourth-order valence-electron chi connectivity index (χ4n) is 0.854. The van der Waals surface area contributed by atoms with Crippen molar-refractivity contribution in [2.45, 2.75) is 6.92 Å². The number of carbonyl (C=O) groups excluding carboxylic acids is 1. The predicted molar refractivity (Wildman–Crippen MR) is 41.9 cm³/mol. The number of furan rings is 1. The van der Waals surface area contributed by atoms with Crippen LogP contribution in [0.4, 0.5) is 0 Å². The molecule has 0 saturated carbocycles. The number of hydrogen-bond acceptors (Lipinski definition) is 3. The molecule has 0 aliphatic carbocycles. The van der Waals surface area contributed by atoms with Crippen LogP contribution in [0.2, 0.25) is 0 Å². The van der Waals surface area contributed by atoms with Crippen LogP contribution in [-0.2, 0) is 4.79 Å². The van der Waals surface area contributed by atoms with Crippen LogP contribution >= 0.6 is 0 Å². The third-order valence-corrected chi connectivity index (χ3v) is 1.31. The molecular formula is C8H9NO2. The Morgan fingerprint density at radius 2 is 2.36 bits per heavy atom.